The quantitative estimate of drug-likeness (QED) is 0.558. The van der Waals surface area contributed by atoms with E-state index < -0.39 is 31.5 Å². The van der Waals surface area contributed by atoms with Crippen LogP contribution in [-0.2, 0) is 10.7 Å². The summed E-state index contributed by atoms with van der Waals surface area (Å²) in [6, 6.07) is 7.16. The predicted octanol–water partition coefficient (Wildman–Crippen LogP) is 3.56. The molecule has 0 unspecified atom stereocenters. The van der Waals surface area contributed by atoms with Gasteiger partial charge in [-0.3, -0.25) is 0 Å². The Bertz CT molecular complexity index is 384. The van der Waals surface area contributed by atoms with E-state index in [0.29, 0.717) is 0 Å². The second-order valence-electron chi connectivity index (χ2n) is 4.62. The number of alkyl halides is 4. The Morgan fingerprint density at radius 1 is 1.00 bits per heavy atom. The summed E-state index contributed by atoms with van der Waals surface area (Å²) < 4.78 is 58.5. The average molecular weight is 293 g/mol. The molecule has 2 N–H and O–H groups in total. The summed E-state index contributed by atoms with van der Waals surface area (Å²) in [5, 5.41) is 0. The highest BCUT2D eigenvalue weighted by Gasteiger charge is 2.33. The Labute approximate surface area is 115 Å². The van der Waals surface area contributed by atoms with E-state index in [2.05, 4.69) is 0 Å². The van der Waals surface area contributed by atoms with Crippen molar-refractivity contribution in [3.05, 3.63) is 35.9 Å². The summed E-state index contributed by atoms with van der Waals surface area (Å²) in [6.07, 6.45) is -0.715. The van der Waals surface area contributed by atoms with E-state index in [1.807, 2.05) is 0 Å². The molecule has 0 amide bonds. The smallest absolute Gasteiger partial charge is 0.296 e. The number of rotatable bonds is 9. The van der Waals surface area contributed by atoms with Crippen LogP contribution in [0, 0.1) is 0 Å². The maximum absolute atomic E-state index is 13.6. The van der Waals surface area contributed by atoms with Crippen molar-refractivity contribution in [1.29, 1.82) is 0 Å². The molecule has 2 nitrogen and oxygen atoms in total. The van der Waals surface area contributed by atoms with Gasteiger partial charge < -0.3 is 10.5 Å². The van der Waals surface area contributed by atoms with E-state index in [4.69, 9.17) is 10.5 Å². The maximum Gasteiger partial charge on any atom is 0.296 e. The molecule has 1 aromatic rings. The molecule has 0 fully saturated rings. The molecule has 6 heteroatoms. The van der Waals surface area contributed by atoms with Crippen LogP contribution >= 0.6 is 0 Å². The molecule has 0 aliphatic heterocycles. The van der Waals surface area contributed by atoms with E-state index in [0.717, 1.165) is 0 Å². The number of benzene rings is 1. The Balaban J connectivity index is 2.33. The second kappa shape index (κ2) is 7.59. The summed E-state index contributed by atoms with van der Waals surface area (Å²) >= 11 is 0. The first-order valence-corrected chi connectivity index (χ1v) is 6.46. The minimum absolute atomic E-state index is 0.183. The molecule has 1 rings (SSSR count). The molecule has 1 aromatic carbocycles. The van der Waals surface area contributed by atoms with Crippen molar-refractivity contribution >= 4 is 0 Å². The van der Waals surface area contributed by atoms with Crippen molar-refractivity contribution in [2.24, 2.45) is 5.73 Å². The lowest BCUT2D eigenvalue weighted by molar-refractivity contribution is -0.100. The first-order chi connectivity index (χ1) is 9.37. The monoisotopic (exact) mass is 293 g/mol. The Morgan fingerprint density at radius 2 is 1.65 bits per heavy atom. The highest BCUT2D eigenvalue weighted by Crippen LogP contribution is 2.29. The zero-order chi connectivity index (χ0) is 15.1. The first-order valence-electron chi connectivity index (χ1n) is 6.46. The number of nitrogens with two attached hydrogens (primary N) is 1. The number of ether oxygens (including phenoxy) is 1. The van der Waals surface area contributed by atoms with Gasteiger partial charge in [-0.15, -0.1) is 0 Å². The zero-order valence-electron chi connectivity index (χ0n) is 11.1. The summed E-state index contributed by atoms with van der Waals surface area (Å²) in [5.41, 5.74) is 4.96. The van der Waals surface area contributed by atoms with Crippen LogP contribution in [0.25, 0.3) is 0 Å². The van der Waals surface area contributed by atoms with Gasteiger partial charge in [-0.05, 0) is 13.0 Å². The van der Waals surface area contributed by atoms with Crippen LogP contribution in [0.5, 0.6) is 0 Å². The number of halogens is 4. The molecule has 0 spiro atoms. The van der Waals surface area contributed by atoms with Crippen molar-refractivity contribution in [2.75, 3.05) is 19.8 Å². The van der Waals surface area contributed by atoms with Gasteiger partial charge in [0.05, 0.1) is 6.61 Å². The van der Waals surface area contributed by atoms with Crippen LogP contribution in [0.2, 0.25) is 0 Å². The van der Waals surface area contributed by atoms with Crippen LogP contribution in [-0.4, -0.2) is 25.7 Å². The SMILES string of the molecule is NCCCC(F)(F)CCOCC(F)(F)c1ccccc1. The summed E-state index contributed by atoms with van der Waals surface area (Å²) in [5.74, 6) is -6.09. The minimum Gasteiger partial charge on any atom is -0.375 e. The summed E-state index contributed by atoms with van der Waals surface area (Å²) in [4.78, 5) is 0. The van der Waals surface area contributed by atoms with E-state index in [9.17, 15) is 17.6 Å². The van der Waals surface area contributed by atoms with Gasteiger partial charge in [-0.2, -0.15) is 8.78 Å². The van der Waals surface area contributed by atoms with Crippen LogP contribution in [0.3, 0.4) is 0 Å². The fraction of sp³-hybridized carbons (Fsp3) is 0.571. The van der Waals surface area contributed by atoms with Crippen molar-refractivity contribution in [3.63, 3.8) is 0 Å². The highest BCUT2D eigenvalue weighted by molar-refractivity contribution is 5.19. The van der Waals surface area contributed by atoms with Gasteiger partial charge in [0.2, 0.25) is 5.92 Å². The lowest BCUT2D eigenvalue weighted by Gasteiger charge is -2.19. The lowest BCUT2D eigenvalue weighted by atomic mass is 10.1. The molecule has 0 aliphatic carbocycles. The van der Waals surface area contributed by atoms with Crippen LogP contribution in [0.1, 0.15) is 24.8 Å². The zero-order valence-corrected chi connectivity index (χ0v) is 11.1. The van der Waals surface area contributed by atoms with Gasteiger partial charge in [-0.1, -0.05) is 30.3 Å². The first kappa shape index (κ1) is 16.9. The molecular formula is C14H19F4NO. The second-order valence-corrected chi connectivity index (χ2v) is 4.62. The highest BCUT2D eigenvalue weighted by atomic mass is 19.3. The third kappa shape index (κ3) is 5.88. The molecule has 0 radical (unpaired) electrons. The molecule has 0 saturated heterocycles. The lowest BCUT2D eigenvalue weighted by Crippen LogP contribution is -2.24. The van der Waals surface area contributed by atoms with Crippen LogP contribution in [0.15, 0.2) is 30.3 Å². The van der Waals surface area contributed by atoms with Gasteiger partial charge >= 0.3 is 0 Å². The van der Waals surface area contributed by atoms with Gasteiger partial charge in [-0.25, -0.2) is 8.78 Å². The molecule has 0 heterocycles. The van der Waals surface area contributed by atoms with Crippen molar-refractivity contribution in [1.82, 2.24) is 0 Å². The molecule has 0 atom stereocenters. The molecule has 0 aliphatic rings. The third-order valence-corrected chi connectivity index (χ3v) is 2.84. The molecule has 20 heavy (non-hydrogen) atoms. The topological polar surface area (TPSA) is 35.2 Å². The molecule has 0 bridgehead atoms. The fourth-order valence-corrected chi connectivity index (χ4v) is 1.67. The Morgan fingerprint density at radius 3 is 2.25 bits per heavy atom. The van der Waals surface area contributed by atoms with Gasteiger partial charge in [0, 0.05) is 18.4 Å². The average Bonchev–Trinajstić information content (AvgIpc) is 2.43. The van der Waals surface area contributed by atoms with Gasteiger partial charge in [0.25, 0.3) is 5.92 Å². The molecule has 0 saturated carbocycles. The van der Waals surface area contributed by atoms with Crippen molar-refractivity contribution < 1.29 is 22.3 Å². The predicted molar refractivity (Wildman–Crippen MR) is 69.0 cm³/mol. The van der Waals surface area contributed by atoms with Crippen molar-refractivity contribution in [3.8, 4) is 0 Å². The van der Waals surface area contributed by atoms with Gasteiger partial charge in [0.15, 0.2) is 0 Å². The largest absolute Gasteiger partial charge is 0.375 e. The van der Waals surface area contributed by atoms with E-state index >= 15 is 0 Å². The standard InChI is InChI=1S/C14H19F4NO/c15-13(16,7-4-9-19)8-10-20-11-14(17,18)12-5-2-1-3-6-12/h1-3,5-6H,4,7-11,19H2. The van der Waals surface area contributed by atoms with Gasteiger partial charge in [0.1, 0.15) is 6.61 Å². The molecular weight excluding hydrogens is 274 g/mol. The maximum atomic E-state index is 13.6. The van der Waals surface area contributed by atoms with Crippen LogP contribution < -0.4 is 5.73 Å². The Hall–Kier alpha value is -1.14. The summed E-state index contributed by atoms with van der Waals surface area (Å²) in [6.45, 7) is -1.12. The molecule has 0 aromatic heterocycles. The van der Waals surface area contributed by atoms with Crippen molar-refractivity contribution in [2.45, 2.75) is 31.1 Å². The normalized spacial score (nSPS) is 12.7. The summed E-state index contributed by atoms with van der Waals surface area (Å²) in [7, 11) is 0. The molecule has 114 valence electrons. The van der Waals surface area contributed by atoms with E-state index in [1.165, 1.54) is 24.3 Å². The number of hydrogen-bond donors (Lipinski definition) is 1. The minimum atomic E-state index is -3.17. The van der Waals surface area contributed by atoms with Crippen LogP contribution in [0.4, 0.5) is 17.6 Å². The van der Waals surface area contributed by atoms with E-state index in [-0.39, 0.29) is 24.9 Å². The third-order valence-electron chi connectivity index (χ3n) is 2.84. The van der Waals surface area contributed by atoms with E-state index in [1.54, 1.807) is 6.07 Å². The Kier molecular flexibility index (Phi) is 6.42. The fourth-order valence-electron chi connectivity index (χ4n) is 1.67. The number of hydrogen-bond acceptors (Lipinski definition) is 2.